The van der Waals surface area contributed by atoms with Crippen LogP contribution in [0.1, 0.15) is 11.9 Å². The van der Waals surface area contributed by atoms with Gasteiger partial charge in [-0.1, -0.05) is 16.4 Å². The van der Waals surface area contributed by atoms with Gasteiger partial charge in [0.15, 0.2) is 17.3 Å². The quantitative estimate of drug-likeness (QED) is 0.774. The molecule has 3 aromatic rings. The number of nitrogens with one attached hydrogen (secondary N) is 1. The third kappa shape index (κ3) is 3.16. The first-order chi connectivity index (χ1) is 10.8. The second-order valence-electron chi connectivity index (χ2n) is 5.21. The van der Waals surface area contributed by atoms with Crippen molar-refractivity contribution in [2.24, 2.45) is 0 Å². The van der Waals surface area contributed by atoms with Crippen LogP contribution >= 0.6 is 23.7 Å². The van der Waals surface area contributed by atoms with E-state index >= 15 is 0 Å². The lowest BCUT2D eigenvalue weighted by Gasteiger charge is -2.30. The molecule has 4 rings (SSSR count). The van der Waals surface area contributed by atoms with E-state index in [1.54, 1.807) is 11.3 Å². The number of hydrogen-bond acceptors (Lipinski definition) is 8. The number of hydrogen-bond donors (Lipinski definition) is 1. The fraction of sp³-hybridized carbons (Fsp3) is 0.357. The van der Waals surface area contributed by atoms with Crippen molar-refractivity contribution in [2.75, 3.05) is 26.7 Å². The van der Waals surface area contributed by atoms with Crippen molar-refractivity contribution >= 4 is 23.7 Å². The highest BCUT2D eigenvalue weighted by Gasteiger charge is 2.26. The van der Waals surface area contributed by atoms with E-state index in [4.69, 9.17) is 9.05 Å². The molecular formula is C14H16ClN5O2S. The highest BCUT2D eigenvalue weighted by atomic mass is 35.5. The molecule has 1 unspecified atom stereocenters. The maximum atomic E-state index is 5.35. The molecule has 0 saturated carbocycles. The molecule has 0 radical (unpaired) electrons. The van der Waals surface area contributed by atoms with Crippen LogP contribution in [0.15, 0.2) is 32.6 Å². The SMILES string of the molecule is CN1CCNCC1c1noc(-c2cc(-c3cccs3)on2)n1.Cl. The number of likely N-dealkylation sites (N-methyl/N-ethyl adjacent to an activating group) is 1. The van der Waals surface area contributed by atoms with Gasteiger partial charge in [-0.25, -0.2) is 0 Å². The van der Waals surface area contributed by atoms with Gasteiger partial charge in [-0.15, -0.1) is 23.7 Å². The van der Waals surface area contributed by atoms with Gasteiger partial charge in [-0.05, 0) is 18.5 Å². The molecule has 7 nitrogen and oxygen atoms in total. The van der Waals surface area contributed by atoms with E-state index in [2.05, 4.69) is 32.6 Å². The van der Waals surface area contributed by atoms with Crippen LogP contribution in [0.4, 0.5) is 0 Å². The van der Waals surface area contributed by atoms with Crippen molar-refractivity contribution in [3.8, 4) is 22.2 Å². The van der Waals surface area contributed by atoms with Crippen LogP contribution in [0.25, 0.3) is 22.2 Å². The Kier molecular flexibility index (Phi) is 4.76. The predicted molar refractivity (Wildman–Crippen MR) is 88.6 cm³/mol. The molecule has 1 saturated heterocycles. The van der Waals surface area contributed by atoms with Gasteiger partial charge >= 0.3 is 0 Å². The monoisotopic (exact) mass is 353 g/mol. The van der Waals surface area contributed by atoms with E-state index < -0.39 is 0 Å². The second-order valence-corrected chi connectivity index (χ2v) is 6.16. The number of rotatable bonds is 3. The van der Waals surface area contributed by atoms with Gasteiger partial charge in [-0.2, -0.15) is 4.98 Å². The Labute approximate surface area is 143 Å². The molecule has 0 spiro atoms. The molecule has 0 bridgehead atoms. The lowest BCUT2D eigenvalue weighted by Crippen LogP contribution is -2.44. The Bertz CT molecular complexity index is 757. The number of halogens is 1. The smallest absolute Gasteiger partial charge is 0.280 e. The highest BCUT2D eigenvalue weighted by Crippen LogP contribution is 2.29. The zero-order valence-electron chi connectivity index (χ0n) is 12.4. The van der Waals surface area contributed by atoms with Crippen molar-refractivity contribution in [3.05, 3.63) is 29.4 Å². The maximum absolute atomic E-state index is 5.35. The summed E-state index contributed by atoms with van der Waals surface area (Å²) in [6, 6.07) is 5.90. The maximum Gasteiger partial charge on any atom is 0.280 e. The number of aromatic nitrogens is 3. The molecule has 0 aliphatic carbocycles. The molecule has 1 aliphatic rings. The third-order valence-electron chi connectivity index (χ3n) is 3.74. The van der Waals surface area contributed by atoms with Crippen LogP contribution in [0.3, 0.4) is 0 Å². The standard InChI is InChI=1S/C14H15N5O2S.ClH/c1-19-5-4-15-8-10(19)13-16-14(21-18-13)9-7-11(20-17-9)12-3-2-6-22-12;/h2-3,6-7,10,15H,4-5,8H2,1H3;1H. The minimum absolute atomic E-state index is 0. The number of piperazine rings is 1. The molecule has 1 N–H and O–H groups in total. The van der Waals surface area contributed by atoms with Crippen molar-refractivity contribution in [1.82, 2.24) is 25.5 Å². The molecular weight excluding hydrogens is 338 g/mol. The average molecular weight is 354 g/mol. The summed E-state index contributed by atoms with van der Waals surface area (Å²) in [7, 11) is 2.06. The van der Waals surface area contributed by atoms with Crippen LogP contribution in [0.2, 0.25) is 0 Å². The number of nitrogens with zero attached hydrogens (tertiary/aromatic N) is 4. The lowest BCUT2D eigenvalue weighted by molar-refractivity contribution is 0.190. The minimum atomic E-state index is 0. The minimum Gasteiger partial charge on any atom is -0.355 e. The van der Waals surface area contributed by atoms with E-state index in [9.17, 15) is 0 Å². The van der Waals surface area contributed by atoms with Crippen molar-refractivity contribution in [3.63, 3.8) is 0 Å². The fourth-order valence-electron chi connectivity index (χ4n) is 2.48. The van der Waals surface area contributed by atoms with Gasteiger partial charge in [0, 0.05) is 25.7 Å². The summed E-state index contributed by atoms with van der Waals surface area (Å²) in [4.78, 5) is 7.71. The number of thiophene rings is 1. The molecule has 4 heterocycles. The summed E-state index contributed by atoms with van der Waals surface area (Å²) in [6.07, 6.45) is 0. The van der Waals surface area contributed by atoms with E-state index in [1.807, 2.05) is 23.6 Å². The lowest BCUT2D eigenvalue weighted by atomic mass is 10.2. The summed E-state index contributed by atoms with van der Waals surface area (Å²) in [5.74, 6) is 1.77. The predicted octanol–water partition coefficient (Wildman–Crippen LogP) is 2.45. The highest BCUT2D eigenvalue weighted by molar-refractivity contribution is 7.13. The Balaban J connectivity index is 0.00000156. The Morgan fingerprint density at radius 1 is 1.35 bits per heavy atom. The molecule has 122 valence electrons. The third-order valence-corrected chi connectivity index (χ3v) is 4.63. The van der Waals surface area contributed by atoms with Crippen LogP contribution in [-0.2, 0) is 0 Å². The largest absolute Gasteiger partial charge is 0.355 e. The van der Waals surface area contributed by atoms with Gasteiger partial charge in [0.1, 0.15) is 0 Å². The first-order valence-electron chi connectivity index (χ1n) is 7.07. The summed E-state index contributed by atoms with van der Waals surface area (Å²) in [5, 5.41) is 13.5. The van der Waals surface area contributed by atoms with Crippen LogP contribution in [-0.4, -0.2) is 46.9 Å². The zero-order chi connectivity index (χ0) is 14.9. The van der Waals surface area contributed by atoms with E-state index in [0.717, 1.165) is 24.5 Å². The molecule has 0 aromatic carbocycles. The van der Waals surface area contributed by atoms with E-state index in [1.165, 1.54) is 0 Å². The molecule has 1 aliphatic heterocycles. The van der Waals surface area contributed by atoms with Gasteiger partial charge < -0.3 is 14.4 Å². The normalized spacial score (nSPS) is 18.7. The topological polar surface area (TPSA) is 80.2 Å². The molecule has 1 fully saturated rings. The van der Waals surface area contributed by atoms with Crippen LogP contribution in [0, 0.1) is 0 Å². The summed E-state index contributed by atoms with van der Waals surface area (Å²) < 4.78 is 10.7. The van der Waals surface area contributed by atoms with Crippen molar-refractivity contribution in [1.29, 1.82) is 0 Å². The van der Waals surface area contributed by atoms with Gasteiger partial charge in [0.05, 0.1) is 10.9 Å². The van der Waals surface area contributed by atoms with Gasteiger partial charge in [-0.3, -0.25) is 4.90 Å². The molecule has 9 heteroatoms. The average Bonchev–Trinajstić information content (AvgIpc) is 3.27. The van der Waals surface area contributed by atoms with Gasteiger partial charge in [0.25, 0.3) is 5.89 Å². The van der Waals surface area contributed by atoms with E-state index in [-0.39, 0.29) is 18.4 Å². The molecule has 3 aromatic heterocycles. The first kappa shape index (κ1) is 16.1. The Morgan fingerprint density at radius 2 is 2.26 bits per heavy atom. The van der Waals surface area contributed by atoms with Gasteiger partial charge in [0.2, 0.25) is 0 Å². The Morgan fingerprint density at radius 3 is 3.04 bits per heavy atom. The second kappa shape index (κ2) is 6.79. The molecule has 1 atom stereocenters. The van der Waals surface area contributed by atoms with Crippen LogP contribution < -0.4 is 5.32 Å². The zero-order valence-corrected chi connectivity index (χ0v) is 14.1. The first-order valence-corrected chi connectivity index (χ1v) is 7.95. The molecule has 23 heavy (non-hydrogen) atoms. The molecule has 0 amide bonds. The fourth-order valence-corrected chi connectivity index (χ4v) is 3.15. The summed E-state index contributed by atoms with van der Waals surface area (Å²) in [5.41, 5.74) is 0.563. The van der Waals surface area contributed by atoms with Crippen molar-refractivity contribution in [2.45, 2.75) is 6.04 Å². The van der Waals surface area contributed by atoms with Crippen molar-refractivity contribution < 1.29 is 9.05 Å². The Hall–Kier alpha value is -1.74. The summed E-state index contributed by atoms with van der Waals surface area (Å²) >= 11 is 1.60. The summed E-state index contributed by atoms with van der Waals surface area (Å²) in [6.45, 7) is 2.75. The van der Waals surface area contributed by atoms with E-state index in [0.29, 0.717) is 23.2 Å². The van der Waals surface area contributed by atoms with Crippen LogP contribution in [0.5, 0.6) is 0 Å².